The molecule has 0 bridgehead atoms. The van der Waals surface area contributed by atoms with E-state index in [0.29, 0.717) is 0 Å². The summed E-state index contributed by atoms with van der Waals surface area (Å²) in [7, 11) is 4.29. The van der Waals surface area contributed by atoms with Crippen molar-refractivity contribution in [1.29, 1.82) is 0 Å². The molecule has 0 aromatic heterocycles. The summed E-state index contributed by atoms with van der Waals surface area (Å²) in [5, 5.41) is 0. The number of hydrogen-bond acceptors (Lipinski definition) is 4. The van der Waals surface area contributed by atoms with Crippen LogP contribution in [0.2, 0.25) is 0 Å². The molecule has 0 aliphatic carbocycles. The Kier molecular flexibility index (Phi) is 11.8. The molecule has 64 heavy (non-hydrogen) atoms. The van der Waals surface area contributed by atoms with Crippen molar-refractivity contribution < 1.29 is 0 Å². The predicted octanol–water partition coefficient (Wildman–Crippen LogP) is 16.7. The van der Waals surface area contributed by atoms with Gasteiger partial charge in [0.25, 0.3) is 0 Å². The van der Waals surface area contributed by atoms with E-state index in [-0.39, 0.29) is 0 Å². The summed E-state index contributed by atoms with van der Waals surface area (Å²) >= 11 is 0. The minimum Gasteiger partial charge on any atom is -0.345 e. The van der Waals surface area contributed by atoms with Crippen LogP contribution in [-0.2, 0) is 0 Å². The Morgan fingerprint density at radius 3 is 0.953 bits per heavy atom. The number of hydrogen-bond donors (Lipinski definition) is 0. The van der Waals surface area contributed by atoms with E-state index in [1.807, 2.05) is 0 Å². The maximum absolute atomic E-state index is 2.33. The highest BCUT2D eigenvalue weighted by Crippen LogP contribution is 2.41. The molecule has 9 aromatic carbocycles. The first-order valence-corrected chi connectivity index (χ1v) is 22.0. The fourth-order valence-electron chi connectivity index (χ4n) is 8.63. The van der Waals surface area contributed by atoms with Crippen molar-refractivity contribution in [1.82, 2.24) is 0 Å². The highest BCUT2D eigenvalue weighted by Gasteiger charge is 2.17. The Balaban J connectivity index is 0.977. The quantitative estimate of drug-likeness (QED) is 0.122. The maximum Gasteiger partial charge on any atom is 0.0464 e. The highest BCUT2D eigenvalue weighted by atomic mass is 15.2. The third kappa shape index (κ3) is 8.90. The first-order valence-electron chi connectivity index (χ1n) is 22.0. The fourth-order valence-corrected chi connectivity index (χ4v) is 8.63. The fraction of sp³-hybridized carbons (Fsp3) is 0.100. The lowest BCUT2D eigenvalue weighted by atomic mass is 9.93. The van der Waals surface area contributed by atoms with Gasteiger partial charge < -0.3 is 19.6 Å². The van der Waals surface area contributed by atoms with Crippen LogP contribution in [0.5, 0.6) is 0 Å². The molecule has 9 aromatic rings. The van der Waals surface area contributed by atoms with Crippen molar-refractivity contribution in [2.75, 3.05) is 33.7 Å². The summed E-state index contributed by atoms with van der Waals surface area (Å²) in [6, 6.07) is 79.0. The summed E-state index contributed by atoms with van der Waals surface area (Å²) in [5.74, 6) is 0. The van der Waals surface area contributed by atoms with E-state index < -0.39 is 0 Å². The standard InChI is InChI=1S/C60H54N4/c1-43-14-10-20-55(38-43)63(56-21-11-15-44(2)39-56)52-32-28-50(29-33-52)61(5)49-26-24-48(25-27-49)59-37-36-54(42-60(59)47-18-8-7-9-19-47)62(6)51-30-34-53(35-31-51)64(57-22-12-16-45(3)40-57)58-23-13-17-46(4)41-58/h7-42H,1-6H3. The van der Waals surface area contributed by atoms with Crippen molar-refractivity contribution in [2.24, 2.45) is 0 Å². The van der Waals surface area contributed by atoms with Gasteiger partial charge in [0, 0.05) is 71.0 Å². The van der Waals surface area contributed by atoms with Gasteiger partial charge in [-0.1, -0.05) is 97.1 Å². The molecule has 0 saturated heterocycles. The number of aryl methyl sites for hydroxylation is 4. The monoisotopic (exact) mass is 830 g/mol. The van der Waals surface area contributed by atoms with Crippen LogP contribution < -0.4 is 19.6 Å². The lowest BCUT2D eigenvalue weighted by Crippen LogP contribution is -2.12. The number of benzene rings is 9. The van der Waals surface area contributed by atoms with Crippen molar-refractivity contribution in [3.8, 4) is 22.3 Å². The average Bonchev–Trinajstić information content (AvgIpc) is 3.32. The lowest BCUT2D eigenvalue weighted by Gasteiger charge is -2.27. The molecular weight excluding hydrogens is 777 g/mol. The van der Waals surface area contributed by atoms with Gasteiger partial charge in [-0.25, -0.2) is 0 Å². The summed E-state index contributed by atoms with van der Waals surface area (Å²) in [4.78, 5) is 9.18. The molecule has 0 aliphatic rings. The number of anilines is 10. The van der Waals surface area contributed by atoms with E-state index in [9.17, 15) is 0 Å². The third-order valence-electron chi connectivity index (χ3n) is 12.1. The van der Waals surface area contributed by atoms with Gasteiger partial charge in [-0.05, 0) is 194 Å². The van der Waals surface area contributed by atoms with Crippen LogP contribution in [0.3, 0.4) is 0 Å². The van der Waals surface area contributed by atoms with Crippen LogP contribution in [0, 0.1) is 27.7 Å². The van der Waals surface area contributed by atoms with E-state index >= 15 is 0 Å². The molecule has 0 spiro atoms. The van der Waals surface area contributed by atoms with Crippen LogP contribution in [0.15, 0.2) is 218 Å². The van der Waals surface area contributed by atoms with E-state index in [2.05, 4.69) is 280 Å². The Morgan fingerprint density at radius 1 is 0.234 bits per heavy atom. The van der Waals surface area contributed by atoms with Crippen molar-refractivity contribution in [3.05, 3.63) is 241 Å². The zero-order valence-electron chi connectivity index (χ0n) is 37.6. The van der Waals surface area contributed by atoms with Gasteiger partial charge in [-0.2, -0.15) is 0 Å². The second-order valence-electron chi connectivity index (χ2n) is 16.8. The van der Waals surface area contributed by atoms with Crippen LogP contribution in [0.25, 0.3) is 22.3 Å². The lowest BCUT2D eigenvalue weighted by molar-refractivity contribution is 1.20. The molecule has 4 heteroatoms. The van der Waals surface area contributed by atoms with E-state index in [4.69, 9.17) is 0 Å². The molecule has 0 N–H and O–H groups in total. The smallest absolute Gasteiger partial charge is 0.0464 e. The average molecular weight is 831 g/mol. The SMILES string of the molecule is Cc1cccc(N(c2ccc(N(C)c3ccc(-c4ccc(N(C)c5ccc(N(c6cccc(C)c6)c6cccc(C)c6)cc5)cc4-c4ccccc4)cc3)cc2)c2cccc(C)c2)c1. The molecule has 0 aliphatic heterocycles. The number of nitrogens with zero attached hydrogens (tertiary/aromatic N) is 4. The molecular formula is C60H54N4. The Morgan fingerprint density at radius 2 is 0.562 bits per heavy atom. The third-order valence-corrected chi connectivity index (χ3v) is 12.1. The first kappa shape index (κ1) is 41.5. The largest absolute Gasteiger partial charge is 0.345 e. The topological polar surface area (TPSA) is 13.0 Å². The zero-order chi connectivity index (χ0) is 44.2. The molecule has 0 atom stereocenters. The predicted molar refractivity (Wildman–Crippen MR) is 275 cm³/mol. The summed E-state index contributed by atoms with van der Waals surface area (Å²) in [6.45, 7) is 8.58. The van der Waals surface area contributed by atoms with Crippen LogP contribution in [0.4, 0.5) is 56.9 Å². The Bertz CT molecular complexity index is 2920. The van der Waals surface area contributed by atoms with Crippen LogP contribution in [-0.4, -0.2) is 14.1 Å². The van der Waals surface area contributed by atoms with Crippen molar-refractivity contribution >= 4 is 56.9 Å². The number of rotatable bonds is 12. The second-order valence-corrected chi connectivity index (χ2v) is 16.8. The molecule has 0 fully saturated rings. The van der Waals surface area contributed by atoms with Crippen molar-refractivity contribution in [2.45, 2.75) is 27.7 Å². The molecule has 0 heterocycles. The van der Waals surface area contributed by atoms with Crippen LogP contribution >= 0.6 is 0 Å². The second kappa shape index (κ2) is 18.3. The van der Waals surface area contributed by atoms with Gasteiger partial charge >= 0.3 is 0 Å². The van der Waals surface area contributed by atoms with E-state index in [0.717, 1.165) is 56.9 Å². The summed E-state index contributed by atoms with van der Waals surface area (Å²) in [5.41, 5.74) is 20.9. The minimum absolute atomic E-state index is 1.11. The molecule has 4 nitrogen and oxygen atoms in total. The Labute approximate surface area is 379 Å². The molecule has 314 valence electrons. The molecule has 0 radical (unpaired) electrons. The highest BCUT2D eigenvalue weighted by molar-refractivity contribution is 5.88. The van der Waals surface area contributed by atoms with Crippen molar-refractivity contribution in [3.63, 3.8) is 0 Å². The molecule has 9 rings (SSSR count). The van der Waals surface area contributed by atoms with Gasteiger partial charge in [0.1, 0.15) is 0 Å². The maximum atomic E-state index is 2.33. The van der Waals surface area contributed by atoms with E-state index in [1.165, 1.54) is 44.5 Å². The Hall–Kier alpha value is -7.82. The zero-order valence-corrected chi connectivity index (χ0v) is 37.6. The molecule has 0 amide bonds. The minimum atomic E-state index is 1.11. The summed E-state index contributed by atoms with van der Waals surface area (Å²) in [6.07, 6.45) is 0. The van der Waals surface area contributed by atoms with Gasteiger partial charge in [-0.3, -0.25) is 0 Å². The normalized spacial score (nSPS) is 11.0. The van der Waals surface area contributed by atoms with Gasteiger partial charge in [0.2, 0.25) is 0 Å². The van der Waals surface area contributed by atoms with Gasteiger partial charge in [-0.15, -0.1) is 0 Å². The first-order chi connectivity index (χ1) is 31.2. The van der Waals surface area contributed by atoms with E-state index in [1.54, 1.807) is 0 Å². The molecule has 0 saturated carbocycles. The molecule has 0 unspecified atom stereocenters. The van der Waals surface area contributed by atoms with Gasteiger partial charge in [0.15, 0.2) is 0 Å². The van der Waals surface area contributed by atoms with Gasteiger partial charge in [0.05, 0.1) is 0 Å². The van der Waals surface area contributed by atoms with Crippen LogP contribution in [0.1, 0.15) is 22.3 Å². The summed E-state index contributed by atoms with van der Waals surface area (Å²) < 4.78 is 0.